The molecule has 1 unspecified atom stereocenters. The summed E-state index contributed by atoms with van der Waals surface area (Å²) in [5.74, 6) is -0.401. The van der Waals surface area contributed by atoms with Gasteiger partial charge in [0.2, 0.25) is 0 Å². The smallest absolute Gasteiger partial charge is 0.344 e. The van der Waals surface area contributed by atoms with Gasteiger partial charge in [-0.05, 0) is 31.4 Å². The number of benzene rings is 1. The Balaban J connectivity index is 2.25. The van der Waals surface area contributed by atoms with Crippen molar-refractivity contribution < 1.29 is 19.1 Å². The molecule has 0 fully saturated rings. The van der Waals surface area contributed by atoms with E-state index >= 15 is 0 Å². The number of carbonyl (C=O) groups is 2. The molecule has 0 amide bonds. The average Bonchev–Trinajstić information content (AvgIpc) is 2.78. The second-order valence-corrected chi connectivity index (χ2v) is 5.68. The Morgan fingerprint density at radius 3 is 2.82 bits per heavy atom. The van der Waals surface area contributed by atoms with Gasteiger partial charge in [-0.1, -0.05) is 29.3 Å². The van der Waals surface area contributed by atoms with Crippen LogP contribution in [-0.4, -0.2) is 25.0 Å². The zero-order valence-electron chi connectivity index (χ0n) is 12.2. The van der Waals surface area contributed by atoms with Gasteiger partial charge in [0.05, 0.1) is 11.6 Å². The first kappa shape index (κ1) is 16.8. The maximum atomic E-state index is 12.3. The van der Waals surface area contributed by atoms with Crippen LogP contribution in [0.4, 0.5) is 0 Å². The van der Waals surface area contributed by atoms with Crippen molar-refractivity contribution in [3.63, 3.8) is 0 Å². The van der Waals surface area contributed by atoms with Crippen molar-refractivity contribution in [3.05, 3.63) is 39.9 Å². The van der Waals surface area contributed by atoms with E-state index in [0.29, 0.717) is 18.4 Å². The summed E-state index contributed by atoms with van der Waals surface area (Å²) < 4.78 is 10.2. The summed E-state index contributed by atoms with van der Waals surface area (Å²) in [6.45, 7) is 5.39. The van der Waals surface area contributed by atoms with Crippen molar-refractivity contribution in [2.75, 3.05) is 13.2 Å². The standard InChI is InChI=1S/C16H16Cl2O4/c1-3-5-9-6-10-7-11(22-8-12(19)21-4-2)14(17)15(18)13(10)16(9)20/h3,7,9H,1,4-6,8H2,2H3. The lowest BCUT2D eigenvalue weighted by atomic mass is 10.0. The Hall–Kier alpha value is -1.52. The van der Waals surface area contributed by atoms with E-state index in [9.17, 15) is 9.59 Å². The van der Waals surface area contributed by atoms with Gasteiger partial charge in [0.15, 0.2) is 12.4 Å². The zero-order valence-corrected chi connectivity index (χ0v) is 13.7. The van der Waals surface area contributed by atoms with Crippen LogP contribution in [0.15, 0.2) is 18.7 Å². The van der Waals surface area contributed by atoms with Crippen LogP contribution >= 0.6 is 23.2 Å². The van der Waals surface area contributed by atoms with E-state index in [1.165, 1.54) is 0 Å². The molecule has 0 heterocycles. The molecule has 0 saturated heterocycles. The Morgan fingerprint density at radius 1 is 1.45 bits per heavy atom. The van der Waals surface area contributed by atoms with Gasteiger partial charge in [0.25, 0.3) is 0 Å². The van der Waals surface area contributed by atoms with Crippen molar-refractivity contribution in [3.8, 4) is 5.75 Å². The van der Waals surface area contributed by atoms with Gasteiger partial charge >= 0.3 is 5.97 Å². The first-order chi connectivity index (χ1) is 10.5. The van der Waals surface area contributed by atoms with E-state index in [2.05, 4.69) is 6.58 Å². The van der Waals surface area contributed by atoms with Gasteiger partial charge < -0.3 is 9.47 Å². The summed E-state index contributed by atoms with van der Waals surface area (Å²) in [6.07, 6.45) is 2.86. The van der Waals surface area contributed by atoms with Crippen LogP contribution in [0.1, 0.15) is 29.3 Å². The normalized spacial score (nSPS) is 16.3. The number of hydrogen-bond donors (Lipinski definition) is 0. The van der Waals surface area contributed by atoms with Crippen LogP contribution in [0.2, 0.25) is 10.0 Å². The first-order valence-electron chi connectivity index (χ1n) is 6.94. The molecule has 1 aliphatic rings. The quantitative estimate of drug-likeness (QED) is 0.581. The summed E-state index contributed by atoms with van der Waals surface area (Å²) in [6, 6.07) is 1.67. The van der Waals surface area contributed by atoms with E-state index in [1.54, 1.807) is 19.1 Å². The molecule has 0 spiro atoms. The fourth-order valence-corrected chi connectivity index (χ4v) is 2.99. The van der Waals surface area contributed by atoms with Crippen molar-refractivity contribution in [1.82, 2.24) is 0 Å². The molecule has 0 saturated carbocycles. The number of hydrogen-bond acceptors (Lipinski definition) is 4. The van der Waals surface area contributed by atoms with Crippen molar-refractivity contribution in [2.24, 2.45) is 5.92 Å². The summed E-state index contributed by atoms with van der Waals surface area (Å²) in [5.41, 5.74) is 1.23. The van der Waals surface area contributed by atoms with E-state index in [0.717, 1.165) is 5.56 Å². The molecular formula is C16H16Cl2O4. The topological polar surface area (TPSA) is 52.6 Å². The summed E-state index contributed by atoms with van der Waals surface area (Å²) in [7, 11) is 0. The highest BCUT2D eigenvalue weighted by molar-refractivity contribution is 6.45. The third-order valence-electron chi connectivity index (χ3n) is 3.44. The fourth-order valence-electron chi connectivity index (χ4n) is 2.48. The van der Waals surface area contributed by atoms with Gasteiger partial charge in [-0.15, -0.1) is 6.58 Å². The Morgan fingerprint density at radius 2 is 2.18 bits per heavy atom. The van der Waals surface area contributed by atoms with Crippen LogP contribution in [-0.2, 0) is 16.0 Å². The number of ether oxygens (including phenoxy) is 2. The number of fused-ring (bicyclic) bond motifs is 1. The van der Waals surface area contributed by atoms with Crippen molar-refractivity contribution in [2.45, 2.75) is 19.8 Å². The number of allylic oxidation sites excluding steroid dienone is 1. The van der Waals surface area contributed by atoms with Gasteiger partial charge in [0, 0.05) is 11.5 Å². The lowest BCUT2D eigenvalue weighted by Gasteiger charge is -2.11. The maximum Gasteiger partial charge on any atom is 0.344 e. The van der Waals surface area contributed by atoms with E-state index in [-0.39, 0.29) is 40.7 Å². The van der Waals surface area contributed by atoms with Crippen LogP contribution in [0.5, 0.6) is 5.75 Å². The first-order valence-corrected chi connectivity index (χ1v) is 7.69. The Labute approximate surface area is 139 Å². The molecular weight excluding hydrogens is 327 g/mol. The molecule has 0 bridgehead atoms. The largest absolute Gasteiger partial charge is 0.480 e. The molecule has 1 aromatic rings. The van der Waals surface area contributed by atoms with Crippen LogP contribution in [0.25, 0.3) is 0 Å². The third-order valence-corrected chi connectivity index (χ3v) is 4.29. The van der Waals surface area contributed by atoms with Gasteiger partial charge in [-0.25, -0.2) is 4.79 Å². The third kappa shape index (κ3) is 3.28. The fraction of sp³-hybridized carbons (Fsp3) is 0.375. The molecule has 22 heavy (non-hydrogen) atoms. The Kier molecular flexibility index (Phi) is 5.48. The minimum atomic E-state index is -0.490. The molecule has 1 aromatic carbocycles. The van der Waals surface area contributed by atoms with Gasteiger partial charge in [0.1, 0.15) is 10.8 Å². The summed E-state index contributed by atoms with van der Waals surface area (Å²) in [5, 5.41) is 0.312. The zero-order chi connectivity index (χ0) is 16.3. The van der Waals surface area contributed by atoms with Crippen molar-refractivity contribution in [1.29, 1.82) is 0 Å². The molecule has 0 N–H and O–H groups in total. The molecule has 4 nitrogen and oxygen atoms in total. The van der Waals surface area contributed by atoms with Crippen molar-refractivity contribution >= 4 is 35.0 Å². The molecule has 6 heteroatoms. The molecule has 0 radical (unpaired) electrons. The van der Waals surface area contributed by atoms with Gasteiger partial charge in [-0.2, -0.15) is 0 Å². The summed E-state index contributed by atoms with van der Waals surface area (Å²) in [4.78, 5) is 23.7. The molecule has 2 rings (SSSR count). The number of rotatable bonds is 6. The second kappa shape index (κ2) is 7.16. The number of halogens is 2. The monoisotopic (exact) mass is 342 g/mol. The van der Waals surface area contributed by atoms with E-state index in [1.807, 2.05) is 0 Å². The second-order valence-electron chi connectivity index (χ2n) is 4.92. The molecule has 118 valence electrons. The predicted octanol–water partition coefficient (Wildman–Crippen LogP) is 3.87. The van der Waals surface area contributed by atoms with Crippen LogP contribution in [0, 0.1) is 5.92 Å². The minimum Gasteiger partial charge on any atom is -0.480 e. The predicted molar refractivity (Wildman–Crippen MR) is 84.9 cm³/mol. The highest BCUT2D eigenvalue weighted by atomic mass is 35.5. The van der Waals surface area contributed by atoms with Gasteiger partial charge in [-0.3, -0.25) is 4.79 Å². The Bertz CT molecular complexity index is 625. The molecule has 0 aromatic heterocycles. The highest BCUT2D eigenvalue weighted by Gasteiger charge is 2.34. The van der Waals surface area contributed by atoms with E-state index in [4.69, 9.17) is 32.7 Å². The average molecular weight is 343 g/mol. The number of Topliss-reactive ketones (excluding diaryl/α,β-unsaturated/α-hetero) is 1. The lowest BCUT2D eigenvalue weighted by molar-refractivity contribution is -0.145. The van der Waals surface area contributed by atoms with Crippen LogP contribution < -0.4 is 4.74 Å². The number of esters is 1. The number of ketones is 1. The molecule has 1 aliphatic carbocycles. The van der Waals surface area contributed by atoms with Crippen LogP contribution in [0.3, 0.4) is 0 Å². The minimum absolute atomic E-state index is 0.0289. The molecule has 0 aliphatic heterocycles. The van der Waals surface area contributed by atoms with E-state index < -0.39 is 5.97 Å². The lowest BCUT2D eigenvalue weighted by Crippen LogP contribution is -2.15. The SMILES string of the molecule is C=CCC1Cc2cc(OCC(=O)OCC)c(Cl)c(Cl)c2C1=O. The maximum absolute atomic E-state index is 12.3. The highest BCUT2D eigenvalue weighted by Crippen LogP contribution is 2.42. The number of carbonyl (C=O) groups excluding carboxylic acids is 2. The molecule has 1 atom stereocenters. The summed E-state index contributed by atoms with van der Waals surface area (Å²) >= 11 is 12.4.